The molecule has 0 amide bonds. The van der Waals surface area contributed by atoms with Gasteiger partial charge in [-0.2, -0.15) is 4.31 Å². The number of hydrogen-bond donors (Lipinski definition) is 1. The smallest absolute Gasteiger partial charge is 0.266 e. The highest BCUT2D eigenvalue weighted by Crippen LogP contribution is 2.18. The third kappa shape index (κ3) is 2.43. The molecular formula is C10H11ClN2O3S. The first-order valence-electron chi connectivity index (χ1n) is 5.05. The Morgan fingerprint density at radius 3 is 2.71 bits per heavy atom. The van der Waals surface area contributed by atoms with Crippen LogP contribution in [0.4, 0.5) is 0 Å². The Kier molecular flexibility index (Phi) is 3.37. The maximum Gasteiger partial charge on any atom is 0.266 e. The topological polar surface area (TPSA) is 70.2 Å². The van der Waals surface area contributed by atoms with Gasteiger partial charge in [-0.25, -0.2) is 8.42 Å². The largest absolute Gasteiger partial charge is 0.326 e. The van der Waals surface area contributed by atoms with Crippen molar-refractivity contribution in [2.75, 3.05) is 13.1 Å². The fraction of sp³-hybridized carbons (Fsp3) is 0.300. The summed E-state index contributed by atoms with van der Waals surface area (Å²) in [6.07, 6.45) is 5.60. The van der Waals surface area contributed by atoms with Crippen molar-refractivity contribution in [2.24, 2.45) is 0 Å². The molecule has 0 aromatic carbocycles. The normalized spacial score (nSPS) is 17.2. The van der Waals surface area contributed by atoms with Crippen LogP contribution in [0.5, 0.6) is 0 Å². The molecule has 1 N–H and O–H groups in total. The second-order valence-electron chi connectivity index (χ2n) is 3.64. The van der Waals surface area contributed by atoms with Gasteiger partial charge in [-0.05, 0) is 12.5 Å². The van der Waals surface area contributed by atoms with Crippen molar-refractivity contribution in [1.82, 2.24) is 9.29 Å². The highest BCUT2D eigenvalue weighted by Gasteiger charge is 2.24. The summed E-state index contributed by atoms with van der Waals surface area (Å²) >= 11 is 5.62. The number of nitrogens with zero attached hydrogens (tertiary/aromatic N) is 1. The molecule has 1 aliphatic heterocycles. The van der Waals surface area contributed by atoms with Crippen molar-refractivity contribution in [3.05, 3.63) is 39.8 Å². The van der Waals surface area contributed by atoms with Crippen LogP contribution in [0.15, 0.2) is 34.1 Å². The van der Waals surface area contributed by atoms with E-state index >= 15 is 0 Å². The van der Waals surface area contributed by atoms with Crippen LogP contribution in [0, 0.1) is 0 Å². The van der Waals surface area contributed by atoms with Gasteiger partial charge < -0.3 is 4.98 Å². The monoisotopic (exact) mass is 274 g/mol. The molecule has 0 saturated heterocycles. The van der Waals surface area contributed by atoms with Crippen molar-refractivity contribution < 1.29 is 8.42 Å². The molecule has 1 aliphatic rings. The molecule has 1 aromatic rings. The lowest BCUT2D eigenvalue weighted by Crippen LogP contribution is -2.34. The van der Waals surface area contributed by atoms with Crippen LogP contribution in [-0.2, 0) is 10.0 Å². The zero-order valence-corrected chi connectivity index (χ0v) is 10.5. The minimum absolute atomic E-state index is 0.0115. The highest BCUT2D eigenvalue weighted by molar-refractivity contribution is 7.89. The molecule has 5 nitrogen and oxygen atoms in total. The molecule has 0 spiro atoms. The zero-order valence-electron chi connectivity index (χ0n) is 8.89. The molecule has 0 bridgehead atoms. The predicted molar refractivity (Wildman–Crippen MR) is 64.6 cm³/mol. The van der Waals surface area contributed by atoms with Gasteiger partial charge in [-0.3, -0.25) is 4.79 Å². The second-order valence-corrected chi connectivity index (χ2v) is 5.98. The Bertz CT molecular complexity index is 606. The standard InChI is InChI=1S/C10H11ClN2O3S/c11-9-6-8(7-12-10(9)14)17(15,16)13-4-2-1-3-5-13/h1-2,6-7H,3-5H2,(H,12,14). The van der Waals surface area contributed by atoms with E-state index < -0.39 is 15.6 Å². The van der Waals surface area contributed by atoms with E-state index in [4.69, 9.17) is 11.6 Å². The fourth-order valence-corrected chi connectivity index (χ4v) is 3.21. The van der Waals surface area contributed by atoms with Crippen LogP contribution in [0.1, 0.15) is 6.42 Å². The predicted octanol–water partition coefficient (Wildman–Crippen LogP) is 0.979. The molecule has 92 valence electrons. The van der Waals surface area contributed by atoms with Crippen molar-refractivity contribution in [3.63, 3.8) is 0 Å². The number of aromatic amines is 1. The van der Waals surface area contributed by atoms with Crippen LogP contribution >= 0.6 is 11.6 Å². The summed E-state index contributed by atoms with van der Waals surface area (Å²) in [4.78, 5) is 13.4. The Morgan fingerprint density at radius 2 is 2.12 bits per heavy atom. The summed E-state index contributed by atoms with van der Waals surface area (Å²) < 4.78 is 25.7. The van der Waals surface area contributed by atoms with E-state index in [0.29, 0.717) is 19.5 Å². The molecule has 2 rings (SSSR count). The van der Waals surface area contributed by atoms with Gasteiger partial charge in [0.15, 0.2) is 0 Å². The summed E-state index contributed by atoms with van der Waals surface area (Å²) in [6, 6.07) is 1.17. The van der Waals surface area contributed by atoms with Crippen molar-refractivity contribution in [1.29, 1.82) is 0 Å². The van der Waals surface area contributed by atoms with Gasteiger partial charge in [-0.1, -0.05) is 23.8 Å². The molecule has 1 aromatic heterocycles. The Labute approximate surface area is 104 Å². The van der Waals surface area contributed by atoms with Gasteiger partial charge >= 0.3 is 0 Å². The van der Waals surface area contributed by atoms with Crippen LogP contribution in [0.25, 0.3) is 0 Å². The first kappa shape index (κ1) is 12.3. The maximum atomic E-state index is 12.2. The van der Waals surface area contributed by atoms with E-state index in [0.717, 1.165) is 0 Å². The van der Waals surface area contributed by atoms with Crippen LogP contribution in [0.2, 0.25) is 5.02 Å². The van der Waals surface area contributed by atoms with E-state index in [1.165, 1.54) is 16.6 Å². The van der Waals surface area contributed by atoms with E-state index in [1.807, 2.05) is 6.08 Å². The SMILES string of the molecule is O=c1[nH]cc(S(=O)(=O)N2CC=CCC2)cc1Cl. The van der Waals surface area contributed by atoms with E-state index in [2.05, 4.69) is 4.98 Å². The first-order valence-corrected chi connectivity index (χ1v) is 6.87. The van der Waals surface area contributed by atoms with Crippen molar-refractivity contribution in [2.45, 2.75) is 11.3 Å². The van der Waals surface area contributed by atoms with E-state index in [9.17, 15) is 13.2 Å². The lowest BCUT2D eigenvalue weighted by Gasteiger charge is -2.22. The molecular weight excluding hydrogens is 264 g/mol. The average Bonchev–Trinajstić information content (AvgIpc) is 2.33. The van der Waals surface area contributed by atoms with E-state index in [-0.39, 0.29) is 9.92 Å². The average molecular weight is 275 g/mol. The number of rotatable bonds is 2. The second kappa shape index (κ2) is 4.64. The molecule has 17 heavy (non-hydrogen) atoms. The number of H-pyrrole nitrogens is 1. The summed E-state index contributed by atoms with van der Waals surface area (Å²) in [6.45, 7) is 0.786. The Morgan fingerprint density at radius 1 is 1.35 bits per heavy atom. The number of pyridine rings is 1. The summed E-state index contributed by atoms with van der Waals surface area (Å²) in [7, 11) is -3.57. The van der Waals surface area contributed by atoms with Crippen LogP contribution in [0.3, 0.4) is 0 Å². The third-order valence-electron chi connectivity index (χ3n) is 2.49. The summed E-state index contributed by atoms with van der Waals surface area (Å²) in [5.41, 5.74) is -0.496. The maximum absolute atomic E-state index is 12.2. The van der Waals surface area contributed by atoms with Crippen LogP contribution < -0.4 is 5.56 Å². The van der Waals surface area contributed by atoms with Gasteiger partial charge in [0.05, 0.1) is 4.90 Å². The Balaban J connectivity index is 2.40. The minimum atomic E-state index is -3.57. The molecule has 7 heteroatoms. The summed E-state index contributed by atoms with van der Waals surface area (Å²) in [5.74, 6) is 0. The van der Waals surface area contributed by atoms with Crippen molar-refractivity contribution >= 4 is 21.6 Å². The van der Waals surface area contributed by atoms with E-state index in [1.54, 1.807) is 6.08 Å². The third-order valence-corrected chi connectivity index (χ3v) is 4.61. The molecule has 0 aliphatic carbocycles. The molecule has 0 fully saturated rings. The quantitative estimate of drug-likeness (QED) is 0.817. The minimum Gasteiger partial charge on any atom is -0.326 e. The fourth-order valence-electron chi connectivity index (χ4n) is 1.57. The number of aromatic nitrogens is 1. The molecule has 2 heterocycles. The summed E-state index contributed by atoms with van der Waals surface area (Å²) in [5, 5.41) is -0.126. The van der Waals surface area contributed by atoms with Crippen LogP contribution in [-0.4, -0.2) is 30.8 Å². The zero-order chi connectivity index (χ0) is 12.5. The van der Waals surface area contributed by atoms with Gasteiger partial charge in [0.2, 0.25) is 10.0 Å². The van der Waals surface area contributed by atoms with Crippen molar-refractivity contribution in [3.8, 4) is 0 Å². The van der Waals surface area contributed by atoms with Gasteiger partial charge in [0, 0.05) is 19.3 Å². The number of hydrogen-bond acceptors (Lipinski definition) is 3. The van der Waals surface area contributed by atoms with Gasteiger partial charge in [-0.15, -0.1) is 0 Å². The molecule has 0 atom stereocenters. The van der Waals surface area contributed by atoms with Gasteiger partial charge in [0.25, 0.3) is 5.56 Å². The highest BCUT2D eigenvalue weighted by atomic mass is 35.5. The lowest BCUT2D eigenvalue weighted by molar-refractivity contribution is 0.437. The number of nitrogens with one attached hydrogen (secondary N) is 1. The van der Waals surface area contributed by atoms with Gasteiger partial charge in [0.1, 0.15) is 5.02 Å². The molecule has 0 unspecified atom stereocenters. The molecule has 0 saturated carbocycles. The first-order chi connectivity index (χ1) is 8.01. The number of sulfonamides is 1. The lowest BCUT2D eigenvalue weighted by atomic mass is 10.3. The Hall–Kier alpha value is -1.11. The number of halogens is 1. The molecule has 0 radical (unpaired) electrons.